The lowest BCUT2D eigenvalue weighted by atomic mass is 10.7. The Morgan fingerprint density at radius 2 is 1.85 bits per heavy atom. The first-order chi connectivity index (χ1) is 5.97. The molecule has 6 heteroatoms. The number of halogens is 4. The van der Waals surface area contributed by atoms with Crippen molar-refractivity contribution in [3.05, 3.63) is 25.2 Å². The van der Waals surface area contributed by atoms with E-state index in [1.54, 1.807) is 0 Å². The molecule has 0 bridgehead atoms. The summed E-state index contributed by atoms with van der Waals surface area (Å²) >= 11 is 0. The molecule has 0 atom stereocenters. The van der Waals surface area contributed by atoms with Gasteiger partial charge in [0, 0.05) is 0 Å². The zero-order valence-electron chi connectivity index (χ0n) is 6.72. The molecule has 13 heavy (non-hydrogen) atoms. The van der Waals surface area contributed by atoms with E-state index in [0.717, 1.165) is 6.26 Å². The monoisotopic (exact) mass is 202 g/mol. The molecule has 0 rings (SSSR count). The zero-order chi connectivity index (χ0) is 10.7. The lowest BCUT2D eigenvalue weighted by molar-refractivity contribution is -0.142. The van der Waals surface area contributed by atoms with Gasteiger partial charge in [-0.05, 0) is 6.08 Å². The van der Waals surface area contributed by atoms with Gasteiger partial charge in [0.1, 0.15) is 6.61 Å². The predicted molar refractivity (Wildman–Crippen MR) is 39.9 cm³/mol. The summed E-state index contributed by atoms with van der Waals surface area (Å²) < 4.78 is 46.2. The summed E-state index contributed by atoms with van der Waals surface area (Å²) in [6.45, 7) is 1.45. The van der Waals surface area contributed by atoms with E-state index in [9.17, 15) is 17.6 Å². The Labute approximate surface area is 73.1 Å². The van der Waals surface area contributed by atoms with Crippen molar-refractivity contribution in [2.45, 2.75) is 6.18 Å². The minimum Gasteiger partial charge on any atom is -0.516 e. The minimum atomic E-state index is -4.62. The second-order valence-corrected chi connectivity index (χ2v) is 1.63. The molecule has 0 aliphatic rings. The smallest absolute Gasteiger partial charge is 0.416 e. The van der Waals surface area contributed by atoms with Crippen molar-refractivity contribution in [3.63, 3.8) is 0 Å². The van der Waals surface area contributed by atoms with Gasteiger partial charge >= 0.3 is 6.18 Å². The molecule has 2 nitrogen and oxygen atoms in total. The van der Waals surface area contributed by atoms with Crippen LogP contribution in [-0.4, -0.2) is 24.6 Å². The van der Waals surface area contributed by atoms with Gasteiger partial charge in [-0.25, -0.2) is 4.39 Å². The van der Waals surface area contributed by atoms with Crippen molar-refractivity contribution in [3.8, 4) is 0 Å². The van der Waals surface area contributed by atoms with Crippen LogP contribution >= 0.6 is 0 Å². The van der Waals surface area contributed by atoms with Crippen molar-refractivity contribution in [2.75, 3.05) is 13.3 Å². The van der Waals surface area contributed by atoms with E-state index in [1.165, 1.54) is 12.3 Å². The van der Waals surface area contributed by atoms with Gasteiger partial charge < -0.3 is 9.84 Å². The van der Waals surface area contributed by atoms with Gasteiger partial charge in [0.15, 0.2) is 6.67 Å². The molecule has 0 saturated carbocycles. The second kappa shape index (κ2) is 8.89. The number of rotatable bonds is 3. The van der Waals surface area contributed by atoms with Gasteiger partial charge in [0.2, 0.25) is 0 Å². The Kier molecular flexibility index (Phi) is 9.80. The molecule has 0 aromatic rings. The van der Waals surface area contributed by atoms with Crippen LogP contribution in [-0.2, 0) is 4.74 Å². The van der Waals surface area contributed by atoms with Crippen LogP contribution < -0.4 is 0 Å². The summed E-state index contributed by atoms with van der Waals surface area (Å²) in [6.07, 6.45) is -0.898. The topological polar surface area (TPSA) is 29.5 Å². The van der Waals surface area contributed by atoms with E-state index < -0.39 is 12.9 Å². The maximum absolute atomic E-state index is 10.4. The summed E-state index contributed by atoms with van der Waals surface area (Å²) in [5, 5.41) is 8.00. The summed E-state index contributed by atoms with van der Waals surface area (Å²) in [5.41, 5.74) is 0. The zero-order valence-corrected chi connectivity index (χ0v) is 6.72. The first-order valence-electron chi connectivity index (χ1n) is 3.12. The lowest BCUT2D eigenvalue weighted by Crippen LogP contribution is -2.08. The van der Waals surface area contributed by atoms with E-state index in [0.29, 0.717) is 6.61 Å². The van der Waals surface area contributed by atoms with Crippen LogP contribution in [0.5, 0.6) is 0 Å². The van der Waals surface area contributed by atoms with E-state index in [2.05, 4.69) is 11.3 Å². The van der Waals surface area contributed by atoms with Crippen LogP contribution in [0.1, 0.15) is 0 Å². The van der Waals surface area contributed by atoms with Crippen LogP contribution in [0.4, 0.5) is 17.6 Å². The Balaban J connectivity index is 0. The lowest BCUT2D eigenvalue weighted by Gasteiger charge is -1.93. The average molecular weight is 202 g/mol. The molecule has 0 aliphatic carbocycles. The fourth-order valence-electron chi connectivity index (χ4n) is 0.167. The number of aliphatic hydroxyl groups is 1. The number of ether oxygens (including phenoxy) is 1. The normalized spacial score (nSPS) is 10.5. The molecular weight excluding hydrogens is 192 g/mol. The number of hydrogen-bond donors (Lipinski definition) is 1. The minimum absolute atomic E-state index is 0.389. The summed E-state index contributed by atoms with van der Waals surface area (Å²) in [6, 6.07) is 0. The number of hydrogen-bond acceptors (Lipinski definition) is 2. The third-order valence-corrected chi connectivity index (χ3v) is 0.567. The average Bonchev–Trinajstić information content (AvgIpc) is 2.06. The van der Waals surface area contributed by atoms with Crippen molar-refractivity contribution >= 4 is 0 Å². The molecule has 0 aromatic carbocycles. The molecule has 0 spiro atoms. The summed E-state index contributed by atoms with van der Waals surface area (Å²) in [4.78, 5) is 0. The van der Waals surface area contributed by atoms with Crippen LogP contribution in [0.15, 0.2) is 25.2 Å². The fraction of sp³-hybridized carbons (Fsp3) is 0.429. The van der Waals surface area contributed by atoms with Crippen LogP contribution in [0, 0.1) is 0 Å². The Morgan fingerprint density at radius 1 is 1.38 bits per heavy atom. The van der Waals surface area contributed by atoms with Crippen molar-refractivity contribution in [2.24, 2.45) is 0 Å². The number of alkyl halides is 4. The highest BCUT2D eigenvalue weighted by atomic mass is 19.4. The van der Waals surface area contributed by atoms with Gasteiger partial charge in [-0.15, -0.1) is 0 Å². The third kappa shape index (κ3) is 24.9. The molecule has 0 unspecified atom stereocenters. The van der Waals surface area contributed by atoms with Gasteiger partial charge in [-0.1, -0.05) is 6.58 Å². The maximum atomic E-state index is 10.4. The molecule has 0 heterocycles. The van der Waals surface area contributed by atoms with Crippen LogP contribution in [0.25, 0.3) is 0 Å². The fourth-order valence-corrected chi connectivity index (χ4v) is 0.167. The Bertz CT molecular complexity index is 142. The van der Waals surface area contributed by atoms with Gasteiger partial charge in [-0.3, -0.25) is 0 Å². The predicted octanol–water partition coefficient (Wildman–Crippen LogP) is 2.74. The second-order valence-electron chi connectivity index (χ2n) is 1.63. The highest BCUT2D eigenvalue weighted by molar-refractivity contribution is 4.71. The molecule has 0 aromatic heterocycles. The Morgan fingerprint density at radius 3 is 2.08 bits per heavy atom. The molecule has 1 N–H and O–H groups in total. The molecule has 0 saturated heterocycles. The van der Waals surface area contributed by atoms with E-state index in [-0.39, 0.29) is 0 Å². The van der Waals surface area contributed by atoms with Crippen molar-refractivity contribution in [1.82, 2.24) is 0 Å². The quantitative estimate of drug-likeness (QED) is 0.433. The molecule has 0 fully saturated rings. The van der Waals surface area contributed by atoms with Gasteiger partial charge in [0.25, 0.3) is 0 Å². The van der Waals surface area contributed by atoms with Crippen LogP contribution in [0.2, 0.25) is 0 Å². The van der Waals surface area contributed by atoms with Gasteiger partial charge in [-0.2, -0.15) is 13.2 Å². The molecule has 0 aliphatic heterocycles. The highest BCUT2D eigenvalue weighted by Gasteiger charge is 2.26. The summed E-state index contributed by atoms with van der Waals surface area (Å²) in [7, 11) is 0. The third-order valence-electron chi connectivity index (χ3n) is 0.567. The Hall–Kier alpha value is -1.20. The standard InChI is InChI=1S/C5H8O2.C2H2F4/c1-2-7-5-3-4-6;3-1-2(4,5)6/h2-4,6H,1,5H2;1H2. The van der Waals surface area contributed by atoms with Crippen molar-refractivity contribution in [1.29, 1.82) is 0 Å². The molecule has 0 amide bonds. The highest BCUT2D eigenvalue weighted by Crippen LogP contribution is 2.13. The van der Waals surface area contributed by atoms with Gasteiger partial charge in [0.05, 0.1) is 12.5 Å². The van der Waals surface area contributed by atoms with E-state index in [1.807, 2.05) is 0 Å². The number of aliphatic hydroxyl groups excluding tert-OH is 1. The van der Waals surface area contributed by atoms with Crippen molar-refractivity contribution < 1.29 is 27.4 Å². The summed E-state index contributed by atoms with van der Waals surface area (Å²) in [5.74, 6) is 0. The first kappa shape index (κ1) is 14.3. The largest absolute Gasteiger partial charge is 0.516 e. The van der Waals surface area contributed by atoms with Crippen LogP contribution in [0.3, 0.4) is 0 Å². The molecule has 0 radical (unpaired) electrons. The molecular formula is C7H10F4O2. The maximum Gasteiger partial charge on any atom is 0.416 e. The first-order valence-corrected chi connectivity index (χ1v) is 3.12. The van der Waals surface area contributed by atoms with E-state index >= 15 is 0 Å². The molecule has 78 valence electrons. The van der Waals surface area contributed by atoms with E-state index in [4.69, 9.17) is 5.11 Å². The SMILES string of the molecule is C=COCC=CO.FCC(F)(F)F.